The number of hydrogen-bond donors (Lipinski definition) is 2. The molecule has 0 bridgehead atoms. The molecule has 1 aromatic heterocycles. The van der Waals surface area contributed by atoms with Gasteiger partial charge in [0.15, 0.2) is 5.16 Å². The van der Waals surface area contributed by atoms with Crippen molar-refractivity contribution in [1.29, 1.82) is 0 Å². The fourth-order valence-electron chi connectivity index (χ4n) is 2.83. The molecule has 18 heavy (non-hydrogen) atoms. The number of nitrogens with two attached hydrogens (primary N) is 1. The van der Waals surface area contributed by atoms with Gasteiger partial charge in [0.25, 0.3) is 0 Å². The number of nitrogen functional groups attached to an aromatic ring is 1. The first-order chi connectivity index (χ1) is 8.63. The second-order valence-electron chi connectivity index (χ2n) is 5.02. The van der Waals surface area contributed by atoms with Crippen LogP contribution in [-0.2, 0) is 0 Å². The summed E-state index contributed by atoms with van der Waals surface area (Å²) in [7, 11) is 0. The zero-order chi connectivity index (χ0) is 13.1. The van der Waals surface area contributed by atoms with Crippen molar-refractivity contribution in [2.24, 2.45) is 11.8 Å². The largest absolute Gasteiger partial charge is 0.383 e. The highest BCUT2D eigenvalue weighted by molar-refractivity contribution is 7.98. The lowest BCUT2D eigenvalue weighted by atomic mass is 9.93. The van der Waals surface area contributed by atoms with Crippen molar-refractivity contribution in [3.63, 3.8) is 0 Å². The van der Waals surface area contributed by atoms with Gasteiger partial charge in [-0.2, -0.15) is 0 Å². The summed E-state index contributed by atoms with van der Waals surface area (Å²) in [6.45, 7) is 4.61. The summed E-state index contributed by atoms with van der Waals surface area (Å²) in [6.07, 6.45) is 5.76. The van der Waals surface area contributed by atoms with E-state index in [2.05, 4.69) is 29.1 Å². The molecule has 5 heteroatoms. The molecule has 0 aromatic carbocycles. The van der Waals surface area contributed by atoms with Gasteiger partial charge in [0.05, 0.1) is 0 Å². The van der Waals surface area contributed by atoms with E-state index in [9.17, 15) is 0 Å². The van der Waals surface area contributed by atoms with Crippen molar-refractivity contribution in [3.8, 4) is 0 Å². The molecule has 1 fully saturated rings. The third kappa shape index (κ3) is 2.88. The lowest BCUT2D eigenvalue weighted by Crippen LogP contribution is -2.25. The molecule has 0 amide bonds. The van der Waals surface area contributed by atoms with E-state index >= 15 is 0 Å². The molecule has 4 nitrogen and oxygen atoms in total. The van der Waals surface area contributed by atoms with Gasteiger partial charge in [-0.15, -0.1) is 0 Å². The van der Waals surface area contributed by atoms with Gasteiger partial charge in [0.2, 0.25) is 0 Å². The van der Waals surface area contributed by atoms with Crippen molar-refractivity contribution in [1.82, 2.24) is 9.97 Å². The highest BCUT2D eigenvalue weighted by atomic mass is 32.2. The Bertz CT molecular complexity index is 410. The van der Waals surface area contributed by atoms with Crippen LogP contribution in [0.25, 0.3) is 0 Å². The van der Waals surface area contributed by atoms with Gasteiger partial charge in [0.1, 0.15) is 11.6 Å². The predicted octanol–water partition coefficient (Wildman–Crippen LogP) is 3.02. The molecule has 100 valence electrons. The molecule has 3 N–H and O–H groups in total. The Morgan fingerprint density at radius 1 is 1.44 bits per heavy atom. The molecule has 1 saturated carbocycles. The third-order valence-electron chi connectivity index (χ3n) is 3.99. The van der Waals surface area contributed by atoms with E-state index in [1.165, 1.54) is 31.0 Å². The van der Waals surface area contributed by atoms with E-state index in [0.29, 0.717) is 17.8 Å². The van der Waals surface area contributed by atoms with Crippen molar-refractivity contribution < 1.29 is 0 Å². The fourth-order valence-corrected chi connectivity index (χ4v) is 3.21. The van der Waals surface area contributed by atoms with E-state index in [-0.39, 0.29) is 0 Å². The Morgan fingerprint density at radius 3 is 2.83 bits per heavy atom. The Kier molecular flexibility index (Phi) is 4.32. The number of nitrogens with zero attached hydrogens (tertiary/aromatic N) is 2. The van der Waals surface area contributed by atoms with Gasteiger partial charge in [0, 0.05) is 12.1 Å². The molecular formula is C13H22N4S. The van der Waals surface area contributed by atoms with Crippen LogP contribution in [0.2, 0.25) is 0 Å². The van der Waals surface area contributed by atoms with Crippen LogP contribution in [-0.4, -0.2) is 22.3 Å². The van der Waals surface area contributed by atoms with Crippen molar-refractivity contribution in [3.05, 3.63) is 6.07 Å². The first-order valence-corrected chi connectivity index (χ1v) is 7.81. The van der Waals surface area contributed by atoms with Crippen LogP contribution in [0, 0.1) is 11.8 Å². The minimum atomic E-state index is 0.513. The van der Waals surface area contributed by atoms with Gasteiger partial charge in [-0.05, 0) is 30.9 Å². The standard InChI is InChI=1S/C13H22N4S/c1-4-9-5-6-10(8(9)2)15-12-7-11(14)16-13(17-12)18-3/h7-10H,4-6H2,1-3H3,(H3,14,15,16,17). The molecule has 1 aliphatic rings. The first-order valence-electron chi connectivity index (χ1n) is 6.59. The molecule has 1 aromatic rings. The lowest BCUT2D eigenvalue weighted by molar-refractivity contribution is 0.391. The van der Waals surface area contributed by atoms with Crippen LogP contribution in [0.1, 0.15) is 33.1 Å². The van der Waals surface area contributed by atoms with Gasteiger partial charge >= 0.3 is 0 Å². The van der Waals surface area contributed by atoms with Crippen molar-refractivity contribution in [2.75, 3.05) is 17.3 Å². The van der Waals surface area contributed by atoms with E-state index in [0.717, 1.165) is 16.9 Å². The van der Waals surface area contributed by atoms with Crippen LogP contribution in [0.15, 0.2) is 11.2 Å². The maximum atomic E-state index is 5.79. The summed E-state index contributed by atoms with van der Waals surface area (Å²) in [5.41, 5.74) is 5.79. The fraction of sp³-hybridized carbons (Fsp3) is 0.692. The Labute approximate surface area is 113 Å². The average molecular weight is 266 g/mol. The van der Waals surface area contributed by atoms with E-state index in [1.807, 2.05) is 12.3 Å². The van der Waals surface area contributed by atoms with Gasteiger partial charge in [-0.1, -0.05) is 32.0 Å². The van der Waals surface area contributed by atoms with E-state index in [1.54, 1.807) is 0 Å². The quantitative estimate of drug-likeness (QED) is 0.648. The summed E-state index contributed by atoms with van der Waals surface area (Å²) < 4.78 is 0. The normalized spacial score (nSPS) is 27.4. The highest BCUT2D eigenvalue weighted by Gasteiger charge is 2.31. The summed E-state index contributed by atoms with van der Waals surface area (Å²) in [4.78, 5) is 8.63. The first kappa shape index (κ1) is 13.5. The molecule has 0 spiro atoms. The Balaban J connectivity index is 2.08. The second kappa shape index (κ2) is 5.78. The molecule has 0 saturated heterocycles. The van der Waals surface area contributed by atoms with Crippen LogP contribution in [0.4, 0.5) is 11.6 Å². The number of rotatable bonds is 4. The topological polar surface area (TPSA) is 63.8 Å². The molecule has 3 atom stereocenters. The number of thioether (sulfide) groups is 1. The predicted molar refractivity (Wildman–Crippen MR) is 77.8 cm³/mol. The SMILES string of the molecule is CCC1CCC(Nc2cc(N)nc(SC)n2)C1C. The van der Waals surface area contributed by atoms with E-state index in [4.69, 9.17) is 5.73 Å². The van der Waals surface area contributed by atoms with Gasteiger partial charge < -0.3 is 11.1 Å². The minimum absolute atomic E-state index is 0.513. The maximum absolute atomic E-state index is 5.79. The summed E-state index contributed by atoms with van der Waals surface area (Å²) >= 11 is 1.52. The average Bonchev–Trinajstić information content (AvgIpc) is 2.70. The summed E-state index contributed by atoms with van der Waals surface area (Å²) in [6, 6.07) is 2.34. The molecule has 2 rings (SSSR count). The number of aromatic nitrogens is 2. The molecule has 1 aliphatic carbocycles. The van der Waals surface area contributed by atoms with Gasteiger partial charge in [-0.3, -0.25) is 0 Å². The van der Waals surface area contributed by atoms with Crippen LogP contribution in [0.5, 0.6) is 0 Å². The summed E-state index contributed by atoms with van der Waals surface area (Å²) in [5, 5.41) is 4.26. The molecule has 0 aliphatic heterocycles. The molecule has 1 heterocycles. The van der Waals surface area contributed by atoms with Crippen molar-refractivity contribution in [2.45, 2.75) is 44.3 Å². The number of anilines is 2. The van der Waals surface area contributed by atoms with E-state index < -0.39 is 0 Å². The maximum Gasteiger partial charge on any atom is 0.191 e. The molecule has 3 unspecified atom stereocenters. The van der Waals surface area contributed by atoms with Crippen LogP contribution >= 0.6 is 11.8 Å². The number of hydrogen-bond acceptors (Lipinski definition) is 5. The molecule has 0 radical (unpaired) electrons. The Hall–Kier alpha value is -0.970. The zero-order valence-electron chi connectivity index (χ0n) is 11.3. The smallest absolute Gasteiger partial charge is 0.191 e. The third-order valence-corrected chi connectivity index (χ3v) is 4.54. The minimum Gasteiger partial charge on any atom is -0.383 e. The monoisotopic (exact) mass is 266 g/mol. The van der Waals surface area contributed by atoms with Gasteiger partial charge in [-0.25, -0.2) is 9.97 Å². The van der Waals surface area contributed by atoms with Crippen LogP contribution < -0.4 is 11.1 Å². The number of nitrogens with one attached hydrogen (secondary N) is 1. The Morgan fingerprint density at radius 2 is 2.22 bits per heavy atom. The summed E-state index contributed by atoms with van der Waals surface area (Å²) in [5.74, 6) is 2.93. The zero-order valence-corrected chi connectivity index (χ0v) is 12.1. The highest BCUT2D eigenvalue weighted by Crippen LogP contribution is 2.35. The van der Waals surface area contributed by atoms with Crippen LogP contribution in [0.3, 0.4) is 0 Å². The molecular weight excluding hydrogens is 244 g/mol. The van der Waals surface area contributed by atoms with Crippen molar-refractivity contribution >= 4 is 23.4 Å². The second-order valence-corrected chi connectivity index (χ2v) is 5.79. The lowest BCUT2D eigenvalue weighted by Gasteiger charge is -2.21.